The molecule has 0 spiro atoms. The lowest BCUT2D eigenvalue weighted by molar-refractivity contribution is -0.137. The third kappa shape index (κ3) is 6.60. The van der Waals surface area contributed by atoms with E-state index in [2.05, 4.69) is 25.2 Å². The summed E-state index contributed by atoms with van der Waals surface area (Å²) < 4.78 is 38.9. The predicted octanol–water partition coefficient (Wildman–Crippen LogP) is 3.65. The molecule has 9 nitrogen and oxygen atoms in total. The summed E-state index contributed by atoms with van der Waals surface area (Å²) in [5.74, 6) is -1.00. The van der Waals surface area contributed by atoms with Gasteiger partial charge < -0.3 is 15.3 Å². The fourth-order valence-electron chi connectivity index (χ4n) is 5.82. The molecular formula is C30H33F3N6O3. The fourth-order valence-corrected chi connectivity index (χ4v) is 5.82. The Kier molecular flexibility index (Phi) is 8.55. The van der Waals surface area contributed by atoms with Crippen LogP contribution in [0.2, 0.25) is 0 Å². The second kappa shape index (κ2) is 12.1. The SMILES string of the molecule is CN(C1CCC(O)(c2ccc(-c3cnccn3)cn2)CC1)[C@H]1CCN(C(=O)CNC(=O)c2cccc(C(F)(F)F)c2)C1. The Morgan fingerprint density at radius 3 is 2.52 bits per heavy atom. The van der Waals surface area contributed by atoms with Crippen molar-refractivity contribution in [2.75, 3.05) is 26.7 Å². The second-order valence-electron chi connectivity index (χ2n) is 11.0. The first-order valence-corrected chi connectivity index (χ1v) is 13.9. The van der Waals surface area contributed by atoms with E-state index in [4.69, 9.17) is 0 Å². The van der Waals surface area contributed by atoms with Gasteiger partial charge in [0.25, 0.3) is 5.91 Å². The molecule has 12 heteroatoms. The Labute approximate surface area is 241 Å². The smallest absolute Gasteiger partial charge is 0.384 e. The number of likely N-dealkylation sites (N-methyl/N-ethyl adjacent to an activating group) is 1. The summed E-state index contributed by atoms with van der Waals surface area (Å²) in [5, 5.41) is 13.8. The highest BCUT2D eigenvalue weighted by Crippen LogP contribution is 2.39. The van der Waals surface area contributed by atoms with Gasteiger partial charge in [0.15, 0.2) is 0 Å². The van der Waals surface area contributed by atoms with Gasteiger partial charge in [-0.3, -0.25) is 29.4 Å². The van der Waals surface area contributed by atoms with Crippen molar-refractivity contribution in [2.24, 2.45) is 0 Å². The zero-order valence-corrected chi connectivity index (χ0v) is 23.2. The lowest BCUT2D eigenvalue weighted by atomic mass is 9.79. The number of likely N-dealkylation sites (tertiary alicyclic amines) is 1. The largest absolute Gasteiger partial charge is 0.416 e. The molecule has 222 valence electrons. The molecule has 1 saturated heterocycles. The van der Waals surface area contributed by atoms with E-state index in [1.54, 1.807) is 29.7 Å². The quantitative estimate of drug-likeness (QED) is 0.438. The van der Waals surface area contributed by atoms with Gasteiger partial charge in [0, 0.05) is 54.9 Å². The lowest BCUT2D eigenvalue weighted by Gasteiger charge is -2.41. The molecule has 2 N–H and O–H groups in total. The van der Waals surface area contributed by atoms with Gasteiger partial charge in [0.2, 0.25) is 5.91 Å². The highest BCUT2D eigenvalue weighted by molar-refractivity contribution is 5.96. The summed E-state index contributed by atoms with van der Waals surface area (Å²) in [6, 6.07) is 8.24. The van der Waals surface area contributed by atoms with Gasteiger partial charge >= 0.3 is 6.18 Å². The highest BCUT2D eigenvalue weighted by Gasteiger charge is 2.40. The van der Waals surface area contributed by atoms with Crippen LogP contribution >= 0.6 is 0 Å². The molecule has 1 atom stereocenters. The van der Waals surface area contributed by atoms with Gasteiger partial charge in [-0.15, -0.1) is 0 Å². The molecular weight excluding hydrogens is 549 g/mol. The topological polar surface area (TPSA) is 112 Å². The molecule has 0 radical (unpaired) electrons. The molecule has 3 aromatic rings. The van der Waals surface area contributed by atoms with E-state index in [1.165, 1.54) is 12.1 Å². The standard InChI is InChI=1S/C30H33F3N6O3/c1-38(23-7-10-29(42,11-8-23)26-6-5-21(16-36-26)25-17-34-12-13-35-25)24-9-14-39(19-24)27(40)18-37-28(41)20-3-2-4-22(15-20)30(31,32)33/h2-6,12-13,15-17,23-24,42H,7-11,14,18-19H2,1H3,(H,37,41)/t23?,24-,29?/m0/s1. The number of carbonyl (C=O) groups is 2. The van der Waals surface area contributed by atoms with Gasteiger partial charge in [-0.1, -0.05) is 6.07 Å². The van der Waals surface area contributed by atoms with Crippen LogP contribution in [0.15, 0.2) is 61.2 Å². The van der Waals surface area contributed by atoms with E-state index in [1.807, 2.05) is 19.2 Å². The van der Waals surface area contributed by atoms with Crippen molar-refractivity contribution < 1.29 is 27.9 Å². The lowest BCUT2D eigenvalue weighted by Crippen LogP contribution is -2.47. The number of rotatable bonds is 7. The minimum atomic E-state index is -4.55. The second-order valence-corrected chi connectivity index (χ2v) is 11.0. The van der Waals surface area contributed by atoms with Crippen molar-refractivity contribution in [1.82, 2.24) is 30.1 Å². The molecule has 2 amide bonds. The van der Waals surface area contributed by atoms with E-state index >= 15 is 0 Å². The minimum Gasteiger partial charge on any atom is -0.384 e. The molecule has 5 rings (SSSR count). The van der Waals surface area contributed by atoms with Crippen molar-refractivity contribution in [3.63, 3.8) is 0 Å². The maximum absolute atomic E-state index is 13.0. The van der Waals surface area contributed by atoms with E-state index in [9.17, 15) is 27.9 Å². The van der Waals surface area contributed by atoms with Crippen molar-refractivity contribution in [1.29, 1.82) is 0 Å². The summed E-state index contributed by atoms with van der Waals surface area (Å²) in [4.78, 5) is 42.0. The summed E-state index contributed by atoms with van der Waals surface area (Å²) in [6.07, 6.45) is 5.51. The maximum Gasteiger partial charge on any atom is 0.416 e. The number of aromatic nitrogens is 3. The monoisotopic (exact) mass is 582 g/mol. The number of benzene rings is 1. The van der Waals surface area contributed by atoms with Crippen LogP contribution < -0.4 is 5.32 Å². The molecule has 2 fully saturated rings. The van der Waals surface area contributed by atoms with Gasteiger partial charge in [0.1, 0.15) is 5.60 Å². The van der Waals surface area contributed by atoms with Crippen molar-refractivity contribution in [2.45, 2.75) is 56.0 Å². The zero-order chi connectivity index (χ0) is 29.9. The van der Waals surface area contributed by atoms with Crippen LogP contribution in [-0.4, -0.2) is 80.4 Å². The number of amides is 2. The molecule has 1 aliphatic heterocycles. The molecule has 2 aliphatic rings. The number of aliphatic hydroxyl groups is 1. The van der Waals surface area contributed by atoms with E-state index in [0.29, 0.717) is 31.6 Å². The number of nitrogens with one attached hydrogen (secondary N) is 1. The van der Waals surface area contributed by atoms with E-state index < -0.39 is 23.2 Å². The third-order valence-corrected chi connectivity index (χ3v) is 8.40. The Morgan fingerprint density at radius 1 is 1.07 bits per heavy atom. The van der Waals surface area contributed by atoms with Crippen LogP contribution in [0.5, 0.6) is 0 Å². The van der Waals surface area contributed by atoms with Crippen LogP contribution in [-0.2, 0) is 16.6 Å². The summed E-state index contributed by atoms with van der Waals surface area (Å²) in [5.41, 5.74) is 0.121. The molecule has 2 aromatic heterocycles. The van der Waals surface area contributed by atoms with Crippen LogP contribution in [0.1, 0.15) is 53.7 Å². The highest BCUT2D eigenvalue weighted by atomic mass is 19.4. The normalized spacial score (nSPS) is 22.8. The van der Waals surface area contributed by atoms with Gasteiger partial charge in [-0.25, -0.2) is 0 Å². The van der Waals surface area contributed by atoms with E-state index in [0.717, 1.165) is 42.7 Å². The molecule has 1 saturated carbocycles. The zero-order valence-electron chi connectivity index (χ0n) is 23.2. The summed E-state index contributed by atoms with van der Waals surface area (Å²) >= 11 is 0. The van der Waals surface area contributed by atoms with Crippen LogP contribution in [0.25, 0.3) is 11.3 Å². The number of hydrogen-bond donors (Lipinski definition) is 2. The number of pyridine rings is 1. The Balaban J connectivity index is 1.10. The number of carbonyl (C=O) groups excluding carboxylic acids is 2. The molecule has 0 bridgehead atoms. The molecule has 1 aromatic carbocycles. The Bertz CT molecular complexity index is 1400. The maximum atomic E-state index is 13.0. The van der Waals surface area contributed by atoms with Gasteiger partial charge in [0.05, 0.1) is 29.7 Å². The Morgan fingerprint density at radius 2 is 1.86 bits per heavy atom. The van der Waals surface area contributed by atoms with Crippen LogP contribution in [0.4, 0.5) is 13.2 Å². The average molecular weight is 583 g/mol. The number of halogens is 3. The number of alkyl halides is 3. The first kappa shape index (κ1) is 29.6. The summed E-state index contributed by atoms with van der Waals surface area (Å²) in [6.45, 7) is 0.748. The van der Waals surface area contributed by atoms with Gasteiger partial charge in [-0.2, -0.15) is 13.2 Å². The molecule has 0 unspecified atom stereocenters. The van der Waals surface area contributed by atoms with Crippen LogP contribution in [0.3, 0.4) is 0 Å². The van der Waals surface area contributed by atoms with E-state index in [-0.39, 0.29) is 30.1 Å². The third-order valence-electron chi connectivity index (χ3n) is 8.40. The minimum absolute atomic E-state index is 0.133. The predicted molar refractivity (Wildman–Crippen MR) is 148 cm³/mol. The van der Waals surface area contributed by atoms with Crippen molar-refractivity contribution in [3.05, 3.63) is 78.0 Å². The number of hydrogen-bond acceptors (Lipinski definition) is 7. The fraction of sp³-hybridized carbons (Fsp3) is 0.433. The molecule has 1 aliphatic carbocycles. The van der Waals surface area contributed by atoms with Crippen molar-refractivity contribution >= 4 is 11.8 Å². The Hall–Kier alpha value is -3.90. The van der Waals surface area contributed by atoms with Crippen molar-refractivity contribution in [3.8, 4) is 11.3 Å². The van der Waals surface area contributed by atoms with Crippen LogP contribution in [0, 0.1) is 0 Å². The molecule has 3 heterocycles. The molecule has 42 heavy (non-hydrogen) atoms. The van der Waals surface area contributed by atoms with Gasteiger partial charge in [-0.05, 0) is 69.5 Å². The average Bonchev–Trinajstić information content (AvgIpc) is 3.51. The first-order valence-electron chi connectivity index (χ1n) is 13.9. The first-order chi connectivity index (χ1) is 20.0. The number of nitrogens with zero attached hydrogens (tertiary/aromatic N) is 5. The summed E-state index contributed by atoms with van der Waals surface area (Å²) in [7, 11) is 2.04.